The van der Waals surface area contributed by atoms with Crippen LogP contribution in [0.4, 0.5) is 5.82 Å². The van der Waals surface area contributed by atoms with Crippen LogP contribution in [0.3, 0.4) is 0 Å². The van der Waals surface area contributed by atoms with E-state index in [0.717, 1.165) is 58.8 Å². The van der Waals surface area contributed by atoms with Gasteiger partial charge in [-0.25, -0.2) is 4.68 Å². The number of para-hydroxylation sites is 2. The molecule has 2 aromatic heterocycles. The zero-order chi connectivity index (χ0) is 22.7. The number of benzene rings is 2. The molecule has 0 radical (unpaired) electrons. The normalized spacial score (nSPS) is 12.2. The third kappa shape index (κ3) is 4.31. The average Bonchev–Trinajstić information content (AvgIpc) is 3.13. The van der Waals surface area contributed by atoms with Gasteiger partial charge in [0.05, 0.1) is 16.8 Å². The van der Waals surface area contributed by atoms with Crippen molar-refractivity contribution >= 4 is 16.7 Å². The van der Waals surface area contributed by atoms with Gasteiger partial charge in [0, 0.05) is 20.5 Å². The Morgan fingerprint density at radius 2 is 1.69 bits per heavy atom. The largest absolute Gasteiger partial charge is 0.488 e. The molecule has 0 N–H and O–H groups in total. The second kappa shape index (κ2) is 9.39. The number of hydrogen-bond acceptors (Lipinski definition) is 5. The molecule has 0 spiro atoms. The van der Waals surface area contributed by atoms with Crippen LogP contribution in [0.25, 0.3) is 16.6 Å². The molecule has 6 nitrogen and oxygen atoms in total. The lowest BCUT2D eigenvalue weighted by molar-refractivity contribution is 0.189. The summed E-state index contributed by atoms with van der Waals surface area (Å²) in [5.74, 6) is 1.60. The van der Waals surface area contributed by atoms with Gasteiger partial charge in [0.2, 0.25) is 0 Å². The Kier molecular flexibility index (Phi) is 6.40. The maximum absolute atomic E-state index is 6.60. The smallest absolute Gasteiger partial charge is 0.179 e. The molecule has 4 aromatic rings. The minimum atomic E-state index is 0.0937. The number of hydrogen-bond donors (Lipinski definition) is 0. The first-order chi connectivity index (χ1) is 15.5. The maximum Gasteiger partial charge on any atom is 0.179 e. The summed E-state index contributed by atoms with van der Waals surface area (Å²) in [6.07, 6.45) is 3.02. The topological polar surface area (TPSA) is 56.1 Å². The summed E-state index contributed by atoms with van der Waals surface area (Å²) < 4.78 is 8.57. The molecular weight excluding hydrogens is 398 g/mol. The van der Waals surface area contributed by atoms with E-state index in [1.54, 1.807) is 0 Å². The van der Waals surface area contributed by atoms with Gasteiger partial charge in [0.1, 0.15) is 23.1 Å². The van der Waals surface area contributed by atoms with E-state index in [1.807, 2.05) is 54.9 Å². The van der Waals surface area contributed by atoms with Crippen LogP contribution in [0.2, 0.25) is 0 Å². The van der Waals surface area contributed by atoms with Gasteiger partial charge in [-0.1, -0.05) is 55.8 Å². The molecule has 0 aliphatic heterocycles. The Hall–Kier alpha value is -3.41. The first-order valence-electron chi connectivity index (χ1n) is 11.2. The highest BCUT2D eigenvalue weighted by Crippen LogP contribution is 2.32. The number of nitrogens with zero attached hydrogens (tertiary/aromatic N) is 5. The van der Waals surface area contributed by atoms with E-state index in [2.05, 4.69) is 54.4 Å². The van der Waals surface area contributed by atoms with Gasteiger partial charge in [-0.2, -0.15) is 10.2 Å². The minimum Gasteiger partial charge on any atom is -0.488 e. The summed E-state index contributed by atoms with van der Waals surface area (Å²) in [5.41, 5.74) is 4.97. The number of aromatic nitrogens is 4. The van der Waals surface area contributed by atoms with Crippen LogP contribution in [0.1, 0.15) is 36.7 Å². The highest BCUT2D eigenvalue weighted by molar-refractivity contribution is 5.92. The molecule has 0 fully saturated rings. The van der Waals surface area contributed by atoms with Gasteiger partial charge < -0.3 is 9.64 Å². The second-order valence-electron chi connectivity index (χ2n) is 8.41. The van der Waals surface area contributed by atoms with E-state index in [4.69, 9.17) is 9.84 Å². The van der Waals surface area contributed by atoms with E-state index in [0.29, 0.717) is 0 Å². The van der Waals surface area contributed by atoms with Crippen molar-refractivity contribution in [1.29, 1.82) is 0 Å². The number of rotatable bonds is 8. The summed E-state index contributed by atoms with van der Waals surface area (Å²) in [5, 5.41) is 14.7. The molecule has 32 heavy (non-hydrogen) atoms. The Morgan fingerprint density at radius 1 is 0.969 bits per heavy atom. The molecule has 1 unspecified atom stereocenters. The van der Waals surface area contributed by atoms with Gasteiger partial charge >= 0.3 is 0 Å². The first kappa shape index (κ1) is 21.8. The summed E-state index contributed by atoms with van der Waals surface area (Å²) in [4.78, 5) is 1.95. The lowest BCUT2D eigenvalue weighted by Crippen LogP contribution is -2.20. The average molecular weight is 430 g/mol. The fraction of sp³-hybridized carbons (Fsp3) is 0.346. The van der Waals surface area contributed by atoms with E-state index in [-0.39, 0.29) is 6.10 Å². The van der Waals surface area contributed by atoms with Crippen molar-refractivity contribution in [1.82, 2.24) is 20.0 Å². The summed E-state index contributed by atoms with van der Waals surface area (Å²) in [6, 6.07) is 18.7. The van der Waals surface area contributed by atoms with Gasteiger partial charge in [0.25, 0.3) is 0 Å². The fourth-order valence-corrected chi connectivity index (χ4v) is 4.16. The van der Waals surface area contributed by atoms with Gasteiger partial charge in [0.15, 0.2) is 5.82 Å². The molecule has 0 saturated carbocycles. The molecule has 0 aliphatic rings. The molecule has 1 atom stereocenters. The fourth-order valence-electron chi connectivity index (χ4n) is 4.16. The van der Waals surface area contributed by atoms with Crippen molar-refractivity contribution in [2.75, 3.05) is 19.0 Å². The summed E-state index contributed by atoms with van der Waals surface area (Å²) in [7, 11) is 3.92. The number of anilines is 1. The maximum atomic E-state index is 6.60. The summed E-state index contributed by atoms with van der Waals surface area (Å²) >= 11 is 0. The van der Waals surface area contributed by atoms with Crippen molar-refractivity contribution in [3.63, 3.8) is 0 Å². The molecule has 4 rings (SSSR count). The van der Waals surface area contributed by atoms with Crippen molar-refractivity contribution in [2.24, 2.45) is 0 Å². The third-order valence-electron chi connectivity index (χ3n) is 5.71. The summed E-state index contributed by atoms with van der Waals surface area (Å²) in [6.45, 7) is 6.25. The van der Waals surface area contributed by atoms with Crippen molar-refractivity contribution in [3.8, 4) is 11.4 Å². The molecule has 0 bridgehead atoms. The predicted molar refractivity (Wildman–Crippen MR) is 130 cm³/mol. The monoisotopic (exact) mass is 429 g/mol. The van der Waals surface area contributed by atoms with Crippen LogP contribution in [-0.2, 0) is 6.42 Å². The van der Waals surface area contributed by atoms with E-state index < -0.39 is 0 Å². The lowest BCUT2D eigenvalue weighted by atomic mass is 10.0. The Bertz CT molecular complexity index is 1200. The van der Waals surface area contributed by atoms with Crippen molar-refractivity contribution < 1.29 is 4.74 Å². The zero-order valence-corrected chi connectivity index (χ0v) is 19.5. The molecule has 2 heterocycles. The van der Waals surface area contributed by atoms with Crippen molar-refractivity contribution in [2.45, 2.75) is 46.1 Å². The Labute approximate surface area is 189 Å². The predicted octanol–water partition coefficient (Wildman–Crippen LogP) is 5.29. The van der Waals surface area contributed by atoms with Crippen LogP contribution in [-0.4, -0.2) is 40.2 Å². The first-order valence-corrected chi connectivity index (χ1v) is 11.2. The zero-order valence-electron chi connectivity index (χ0n) is 19.5. The Morgan fingerprint density at radius 3 is 2.41 bits per heavy atom. The second-order valence-corrected chi connectivity index (χ2v) is 8.41. The molecular formula is C26H31N5O. The number of aryl methyl sites for hydroxylation is 2. The van der Waals surface area contributed by atoms with Crippen LogP contribution >= 0.6 is 0 Å². The molecule has 0 amide bonds. The highest BCUT2D eigenvalue weighted by atomic mass is 16.5. The highest BCUT2D eigenvalue weighted by Gasteiger charge is 2.20. The standard InChI is InChI=1S/C26H31N5O/c1-6-12-21(17-20-13-8-7-9-14-20)32-23-16-11-10-15-22(23)31-19(3)24-18(2)27-28-26(30(4)5)25(24)29-31/h7-11,13-16,21H,6,12,17H2,1-5H3. The Balaban J connectivity index is 1.75. The molecule has 166 valence electrons. The van der Waals surface area contributed by atoms with Crippen LogP contribution in [0.15, 0.2) is 54.6 Å². The van der Waals surface area contributed by atoms with E-state index in [9.17, 15) is 0 Å². The number of ether oxygens (including phenoxy) is 1. The third-order valence-corrected chi connectivity index (χ3v) is 5.71. The lowest BCUT2D eigenvalue weighted by Gasteiger charge is -2.21. The van der Waals surface area contributed by atoms with Gasteiger partial charge in [-0.05, 0) is 38.0 Å². The SMILES string of the molecule is CCCC(Cc1ccccc1)Oc1ccccc1-n1nc2c(N(C)C)nnc(C)c2c1C. The van der Waals surface area contributed by atoms with Gasteiger partial charge in [-0.3, -0.25) is 0 Å². The molecule has 6 heteroatoms. The van der Waals surface area contributed by atoms with Crippen LogP contribution in [0.5, 0.6) is 5.75 Å². The van der Waals surface area contributed by atoms with Crippen molar-refractivity contribution in [3.05, 3.63) is 71.5 Å². The van der Waals surface area contributed by atoms with Crippen LogP contribution < -0.4 is 9.64 Å². The van der Waals surface area contributed by atoms with E-state index in [1.165, 1.54) is 5.56 Å². The van der Waals surface area contributed by atoms with Crippen LogP contribution in [0, 0.1) is 13.8 Å². The number of fused-ring (bicyclic) bond motifs is 1. The minimum absolute atomic E-state index is 0.0937. The molecule has 0 saturated heterocycles. The van der Waals surface area contributed by atoms with E-state index >= 15 is 0 Å². The quantitative estimate of drug-likeness (QED) is 0.381. The molecule has 0 aliphatic carbocycles. The van der Waals surface area contributed by atoms with Gasteiger partial charge in [-0.15, -0.1) is 5.10 Å². The molecule has 2 aromatic carbocycles.